The number of carbonyl (C=O) groups is 1. The molecule has 1 atom stereocenters. The van der Waals surface area contributed by atoms with E-state index in [1.807, 2.05) is 53.2 Å². The van der Waals surface area contributed by atoms with Crippen molar-refractivity contribution in [3.05, 3.63) is 42.2 Å². The predicted octanol–water partition coefficient (Wildman–Crippen LogP) is 1.34. The molecule has 4 rings (SSSR count). The second-order valence-corrected chi connectivity index (χ2v) is 6.79. The van der Waals surface area contributed by atoms with E-state index in [0.29, 0.717) is 17.5 Å². The van der Waals surface area contributed by atoms with E-state index in [4.69, 9.17) is 9.47 Å². The van der Waals surface area contributed by atoms with Crippen LogP contribution in [0.25, 0.3) is 0 Å². The average Bonchev–Trinajstić information content (AvgIpc) is 3.10. The molecule has 0 aliphatic carbocycles. The van der Waals surface area contributed by atoms with Gasteiger partial charge in [-0.1, -0.05) is 12.1 Å². The number of hydrogen-bond acceptors (Lipinski definition) is 5. The van der Waals surface area contributed by atoms with Gasteiger partial charge in [-0.15, -0.1) is 0 Å². The lowest BCUT2D eigenvalue weighted by molar-refractivity contribution is -0.142. The Morgan fingerprint density at radius 3 is 2.73 bits per heavy atom. The van der Waals surface area contributed by atoms with Gasteiger partial charge in [0.15, 0.2) is 11.5 Å². The van der Waals surface area contributed by atoms with Crippen LogP contribution in [0.15, 0.2) is 36.5 Å². The summed E-state index contributed by atoms with van der Waals surface area (Å²) >= 11 is 0. The second-order valence-electron chi connectivity index (χ2n) is 6.79. The van der Waals surface area contributed by atoms with Crippen LogP contribution >= 0.6 is 0 Å². The van der Waals surface area contributed by atoms with Crippen LogP contribution in [0.3, 0.4) is 0 Å². The van der Waals surface area contributed by atoms with Crippen LogP contribution in [0.4, 0.5) is 0 Å². The molecule has 0 spiro atoms. The minimum atomic E-state index is -0.552. The van der Waals surface area contributed by atoms with E-state index >= 15 is 0 Å². The van der Waals surface area contributed by atoms with Crippen LogP contribution in [-0.4, -0.2) is 52.4 Å². The Balaban J connectivity index is 1.27. The summed E-state index contributed by atoms with van der Waals surface area (Å²) in [5, 5.41) is 7.74. The highest BCUT2D eigenvalue weighted by atomic mass is 16.6. The number of nitrogens with zero attached hydrogens (tertiary/aromatic N) is 3. The number of nitrogens with one attached hydrogen (secondary N) is 1. The van der Waals surface area contributed by atoms with E-state index < -0.39 is 6.10 Å². The summed E-state index contributed by atoms with van der Waals surface area (Å²) in [7, 11) is 1.95. The van der Waals surface area contributed by atoms with E-state index in [-0.39, 0.29) is 12.5 Å². The van der Waals surface area contributed by atoms with Gasteiger partial charge in [-0.2, -0.15) is 5.10 Å². The van der Waals surface area contributed by atoms with E-state index in [0.717, 1.165) is 38.2 Å². The van der Waals surface area contributed by atoms with Crippen molar-refractivity contribution >= 4 is 5.91 Å². The van der Waals surface area contributed by atoms with E-state index in [2.05, 4.69) is 10.4 Å². The number of likely N-dealkylation sites (tertiary alicyclic amines) is 1. The fraction of sp³-hybridized carbons (Fsp3) is 0.474. The molecule has 2 aliphatic rings. The SMILES string of the molecule is Cn1nccc1CNC1CCN(C(=O)C2COc3ccccc3O2)CC1. The highest BCUT2D eigenvalue weighted by molar-refractivity contribution is 5.82. The lowest BCUT2D eigenvalue weighted by atomic mass is 10.0. The minimum Gasteiger partial charge on any atom is -0.485 e. The van der Waals surface area contributed by atoms with Gasteiger partial charge in [0.25, 0.3) is 5.91 Å². The van der Waals surface area contributed by atoms with Gasteiger partial charge in [-0.25, -0.2) is 0 Å². The number of carbonyl (C=O) groups excluding carboxylic acids is 1. The molecule has 7 heteroatoms. The van der Waals surface area contributed by atoms with Gasteiger partial charge in [0.2, 0.25) is 6.10 Å². The van der Waals surface area contributed by atoms with E-state index in [1.165, 1.54) is 0 Å². The van der Waals surface area contributed by atoms with Gasteiger partial charge in [0.1, 0.15) is 6.61 Å². The molecule has 138 valence electrons. The molecule has 1 aromatic carbocycles. The molecular weight excluding hydrogens is 332 g/mol. The molecule has 2 aliphatic heterocycles. The van der Waals surface area contributed by atoms with Crippen LogP contribution < -0.4 is 14.8 Å². The first-order chi connectivity index (χ1) is 12.7. The summed E-state index contributed by atoms with van der Waals surface area (Å²) in [6, 6.07) is 9.91. The number of aromatic nitrogens is 2. The van der Waals surface area contributed by atoms with E-state index in [1.54, 1.807) is 0 Å². The smallest absolute Gasteiger partial charge is 0.267 e. The van der Waals surface area contributed by atoms with Crippen molar-refractivity contribution in [1.82, 2.24) is 20.0 Å². The quantitative estimate of drug-likeness (QED) is 0.895. The Hall–Kier alpha value is -2.54. The third-order valence-electron chi connectivity index (χ3n) is 5.08. The second kappa shape index (κ2) is 7.37. The molecule has 1 saturated heterocycles. The van der Waals surface area contributed by atoms with Gasteiger partial charge in [-0.3, -0.25) is 9.48 Å². The van der Waals surface area contributed by atoms with Crippen molar-refractivity contribution in [2.24, 2.45) is 7.05 Å². The maximum absolute atomic E-state index is 12.7. The van der Waals surface area contributed by atoms with Crippen molar-refractivity contribution in [3.63, 3.8) is 0 Å². The summed E-state index contributed by atoms with van der Waals surface area (Å²) < 4.78 is 13.4. The Morgan fingerprint density at radius 2 is 2.00 bits per heavy atom. The summed E-state index contributed by atoms with van der Waals surface area (Å²) in [6.07, 6.45) is 3.13. The number of para-hydroxylation sites is 2. The molecule has 0 radical (unpaired) electrons. The fourth-order valence-corrected chi connectivity index (χ4v) is 3.47. The van der Waals surface area contributed by atoms with Crippen molar-refractivity contribution in [1.29, 1.82) is 0 Å². The van der Waals surface area contributed by atoms with Gasteiger partial charge in [0.05, 0.1) is 5.69 Å². The number of piperidine rings is 1. The number of hydrogen-bond donors (Lipinski definition) is 1. The average molecular weight is 356 g/mol. The zero-order valence-corrected chi connectivity index (χ0v) is 14.9. The standard InChI is InChI=1S/C19H24N4O3/c1-22-15(6-9-21-22)12-20-14-7-10-23(11-8-14)19(24)18-13-25-16-4-2-3-5-17(16)26-18/h2-6,9,14,18,20H,7-8,10-13H2,1H3. The lowest BCUT2D eigenvalue weighted by Gasteiger charge is -2.35. The van der Waals surface area contributed by atoms with Crippen molar-refractivity contribution < 1.29 is 14.3 Å². The van der Waals surface area contributed by atoms with Crippen LogP contribution in [0.2, 0.25) is 0 Å². The maximum Gasteiger partial charge on any atom is 0.267 e. The first-order valence-electron chi connectivity index (χ1n) is 9.08. The number of benzene rings is 1. The molecule has 0 bridgehead atoms. The number of rotatable bonds is 4. The van der Waals surface area contributed by atoms with Crippen molar-refractivity contribution in [2.45, 2.75) is 31.5 Å². The molecule has 1 unspecified atom stereocenters. The Bertz CT molecular complexity index is 768. The highest BCUT2D eigenvalue weighted by Crippen LogP contribution is 2.31. The monoisotopic (exact) mass is 356 g/mol. The molecule has 1 amide bonds. The van der Waals surface area contributed by atoms with Crippen LogP contribution in [0.1, 0.15) is 18.5 Å². The molecule has 0 saturated carbocycles. The zero-order chi connectivity index (χ0) is 17.9. The summed E-state index contributed by atoms with van der Waals surface area (Å²) in [5.41, 5.74) is 1.16. The van der Waals surface area contributed by atoms with Crippen LogP contribution in [0, 0.1) is 0 Å². The minimum absolute atomic E-state index is 0.0181. The van der Waals surface area contributed by atoms with Crippen LogP contribution in [0.5, 0.6) is 11.5 Å². The van der Waals surface area contributed by atoms with Gasteiger partial charge in [0, 0.05) is 38.9 Å². The Labute approximate surface area is 152 Å². The lowest BCUT2D eigenvalue weighted by Crippen LogP contribution is -2.51. The molecule has 2 aromatic rings. The number of ether oxygens (including phenoxy) is 2. The summed E-state index contributed by atoms with van der Waals surface area (Å²) in [5.74, 6) is 1.36. The molecule has 3 heterocycles. The van der Waals surface area contributed by atoms with Crippen molar-refractivity contribution in [2.75, 3.05) is 19.7 Å². The third-order valence-corrected chi connectivity index (χ3v) is 5.08. The zero-order valence-electron chi connectivity index (χ0n) is 14.9. The van der Waals surface area contributed by atoms with Gasteiger partial charge >= 0.3 is 0 Å². The molecular formula is C19H24N4O3. The molecule has 1 fully saturated rings. The first-order valence-corrected chi connectivity index (χ1v) is 9.08. The normalized spacial score (nSPS) is 20.2. The van der Waals surface area contributed by atoms with Gasteiger partial charge in [-0.05, 0) is 31.0 Å². The third kappa shape index (κ3) is 3.53. The first kappa shape index (κ1) is 16.9. The Morgan fingerprint density at radius 1 is 1.23 bits per heavy atom. The number of amides is 1. The fourth-order valence-electron chi connectivity index (χ4n) is 3.47. The molecule has 1 aromatic heterocycles. The van der Waals surface area contributed by atoms with Gasteiger partial charge < -0.3 is 19.7 Å². The molecule has 1 N–H and O–H groups in total. The molecule has 26 heavy (non-hydrogen) atoms. The summed E-state index contributed by atoms with van der Waals surface area (Å²) in [6.45, 7) is 2.55. The number of fused-ring (bicyclic) bond motifs is 1. The van der Waals surface area contributed by atoms with E-state index in [9.17, 15) is 4.79 Å². The number of aryl methyl sites for hydroxylation is 1. The maximum atomic E-state index is 12.7. The largest absolute Gasteiger partial charge is 0.485 e. The predicted molar refractivity (Wildman–Crippen MR) is 96.0 cm³/mol. The molecule has 7 nitrogen and oxygen atoms in total. The highest BCUT2D eigenvalue weighted by Gasteiger charge is 2.32. The Kier molecular flexibility index (Phi) is 4.79. The topological polar surface area (TPSA) is 68.6 Å². The summed E-state index contributed by atoms with van der Waals surface area (Å²) in [4.78, 5) is 14.6. The van der Waals surface area contributed by atoms with Crippen molar-refractivity contribution in [3.8, 4) is 11.5 Å². The van der Waals surface area contributed by atoms with Crippen LogP contribution in [-0.2, 0) is 18.4 Å².